The van der Waals surface area contributed by atoms with Gasteiger partial charge in [0.05, 0.1) is 0 Å². The van der Waals surface area contributed by atoms with Gasteiger partial charge in [0.25, 0.3) is 0 Å². The SMILES string of the molecule is CNC1(C(=O)O)CCC(C(=O)N(C)C(C)C)CC1. The van der Waals surface area contributed by atoms with Crippen molar-refractivity contribution in [3.05, 3.63) is 0 Å². The first-order valence-electron chi connectivity index (χ1n) is 6.53. The monoisotopic (exact) mass is 256 g/mol. The molecule has 0 unspecified atom stereocenters. The van der Waals surface area contributed by atoms with E-state index in [-0.39, 0.29) is 17.9 Å². The zero-order valence-corrected chi connectivity index (χ0v) is 11.7. The molecule has 0 aromatic carbocycles. The first kappa shape index (κ1) is 15.0. The summed E-state index contributed by atoms with van der Waals surface area (Å²) < 4.78 is 0. The van der Waals surface area contributed by atoms with Crippen molar-refractivity contribution in [2.45, 2.75) is 51.1 Å². The van der Waals surface area contributed by atoms with E-state index < -0.39 is 11.5 Å². The van der Waals surface area contributed by atoms with Crippen molar-refractivity contribution < 1.29 is 14.7 Å². The molecule has 2 N–H and O–H groups in total. The smallest absolute Gasteiger partial charge is 0.323 e. The van der Waals surface area contributed by atoms with Crippen LogP contribution >= 0.6 is 0 Å². The predicted molar refractivity (Wildman–Crippen MR) is 69.3 cm³/mol. The molecule has 1 saturated carbocycles. The van der Waals surface area contributed by atoms with Crippen molar-refractivity contribution in [3.8, 4) is 0 Å². The van der Waals surface area contributed by atoms with Gasteiger partial charge in [-0.1, -0.05) is 0 Å². The zero-order chi connectivity index (χ0) is 13.9. The fraction of sp³-hybridized carbons (Fsp3) is 0.846. The summed E-state index contributed by atoms with van der Waals surface area (Å²) in [6.45, 7) is 3.96. The minimum atomic E-state index is -0.840. The lowest BCUT2D eigenvalue weighted by molar-refractivity contribution is -0.149. The van der Waals surface area contributed by atoms with Gasteiger partial charge in [-0.3, -0.25) is 9.59 Å². The fourth-order valence-corrected chi connectivity index (χ4v) is 2.47. The summed E-state index contributed by atoms with van der Waals surface area (Å²) >= 11 is 0. The maximum Gasteiger partial charge on any atom is 0.323 e. The van der Waals surface area contributed by atoms with E-state index in [0.29, 0.717) is 25.7 Å². The maximum atomic E-state index is 12.2. The fourth-order valence-electron chi connectivity index (χ4n) is 2.47. The first-order chi connectivity index (χ1) is 8.34. The molecular weight excluding hydrogens is 232 g/mol. The Kier molecular flexibility index (Phi) is 4.73. The average Bonchev–Trinajstić information content (AvgIpc) is 2.36. The van der Waals surface area contributed by atoms with Gasteiger partial charge in [-0.05, 0) is 46.6 Å². The van der Waals surface area contributed by atoms with E-state index in [2.05, 4.69) is 5.32 Å². The highest BCUT2D eigenvalue weighted by Gasteiger charge is 2.42. The van der Waals surface area contributed by atoms with E-state index in [9.17, 15) is 14.7 Å². The number of nitrogens with one attached hydrogen (secondary N) is 1. The van der Waals surface area contributed by atoms with Crippen molar-refractivity contribution in [3.63, 3.8) is 0 Å². The number of hydrogen-bond donors (Lipinski definition) is 2. The third kappa shape index (κ3) is 2.83. The second-order valence-corrected chi connectivity index (χ2v) is 5.45. The van der Waals surface area contributed by atoms with Crippen molar-refractivity contribution in [2.24, 2.45) is 5.92 Å². The molecule has 104 valence electrons. The van der Waals surface area contributed by atoms with Crippen LogP contribution in [0, 0.1) is 5.92 Å². The molecule has 0 heterocycles. The second kappa shape index (κ2) is 5.69. The highest BCUT2D eigenvalue weighted by atomic mass is 16.4. The molecule has 1 amide bonds. The quantitative estimate of drug-likeness (QED) is 0.790. The molecule has 5 heteroatoms. The van der Waals surface area contributed by atoms with Crippen LogP contribution in [0.1, 0.15) is 39.5 Å². The molecule has 1 fully saturated rings. The van der Waals surface area contributed by atoms with Crippen LogP contribution in [0.4, 0.5) is 0 Å². The lowest BCUT2D eigenvalue weighted by Crippen LogP contribution is -2.54. The van der Waals surface area contributed by atoms with Gasteiger partial charge in [-0.25, -0.2) is 0 Å². The lowest BCUT2D eigenvalue weighted by atomic mass is 9.76. The van der Waals surface area contributed by atoms with Gasteiger partial charge in [0.1, 0.15) is 5.54 Å². The van der Waals surface area contributed by atoms with E-state index in [0.717, 1.165) is 0 Å². The normalized spacial score (nSPS) is 28.2. The number of carboxylic acid groups (broad SMARTS) is 1. The number of carbonyl (C=O) groups excluding carboxylic acids is 1. The molecule has 18 heavy (non-hydrogen) atoms. The van der Waals surface area contributed by atoms with Crippen LogP contribution in [0.3, 0.4) is 0 Å². The predicted octanol–water partition coefficient (Wildman–Crippen LogP) is 1.09. The molecule has 1 aliphatic rings. The number of amides is 1. The Balaban J connectivity index is 2.64. The minimum absolute atomic E-state index is 0.0294. The standard InChI is InChI=1S/C13H24N2O3/c1-9(2)15(4)11(16)10-5-7-13(14-3,8-6-10)12(17)18/h9-10,14H,5-8H2,1-4H3,(H,17,18). The van der Waals surface area contributed by atoms with E-state index in [4.69, 9.17) is 0 Å². The molecule has 0 aromatic heterocycles. The molecule has 0 aromatic rings. The van der Waals surface area contributed by atoms with Crippen LogP contribution < -0.4 is 5.32 Å². The van der Waals surface area contributed by atoms with E-state index in [1.165, 1.54) is 0 Å². The van der Waals surface area contributed by atoms with Gasteiger partial charge in [-0.2, -0.15) is 0 Å². The van der Waals surface area contributed by atoms with Gasteiger partial charge >= 0.3 is 5.97 Å². The number of carboxylic acids is 1. The highest BCUT2D eigenvalue weighted by Crippen LogP contribution is 2.33. The summed E-state index contributed by atoms with van der Waals surface area (Å²) in [6, 6.07) is 0.188. The van der Waals surface area contributed by atoms with E-state index in [1.807, 2.05) is 20.9 Å². The van der Waals surface area contributed by atoms with Gasteiger partial charge in [0.2, 0.25) is 5.91 Å². The van der Waals surface area contributed by atoms with Gasteiger partial charge in [-0.15, -0.1) is 0 Å². The summed E-state index contributed by atoms with van der Waals surface area (Å²) in [5.74, 6) is -0.702. The molecule has 1 rings (SSSR count). The van der Waals surface area contributed by atoms with Crippen LogP contribution in [0.5, 0.6) is 0 Å². The highest BCUT2D eigenvalue weighted by molar-refractivity contribution is 5.81. The number of carbonyl (C=O) groups is 2. The number of rotatable bonds is 4. The Morgan fingerprint density at radius 3 is 2.17 bits per heavy atom. The molecule has 5 nitrogen and oxygen atoms in total. The Morgan fingerprint density at radius 1 is 1.33 bits per heavy atom. The largest absolute Gasteiger partial charge is 0.480 e. The topological polar surface area (TPSA) is 69.6 Å². The first-order valence-corrected chi connectivity index (χ1v) is 6.53. The van der Waals surface area contributed by atoms with Crippen LogP contribution in [-0.4, -0.2) is 47.6 Å². The van der Waals surface area contributed by atoms with Crippen LogP contribution in [0.25, 0.3) is 0 Å². The summed E-state index contributed by atoms with van der Waals surface area (Å²) in [4.78, 5) is 25.2. The van der Waals surface area contributed by atoms with Crippen LogP contribution in [0.15, 0.2) is 0 Å². The Labute approximate surface area is 109 Å². The van der Waals surface area contributed by atoms with Crippen LogP contribution in [-0.2, 0) is 9.59 Å². The van der Waals surface area contributed by atoms with Crippen LogP contribution in [0.2, 0.25) is 0 Å². The zero-order valence-electron chi connectivity index (χ0n) is 11.7. The van der Waals surface area contributed by atoms with Crippen molar-refractivity contribution in [2.75, 3.05) is 14.1 Å². The molecule has 0 radical (unpaired) electrons. The number of aliphatic carboxylic acids is 1. The molecule has 0 aliphatic heterocycles. The summed E-state index contributed by atoms with van der Waals surface area (Å²) in [5.41, 5.74) is -0.840. The third-order valence-corrected chi connectivity index (χ3v) is 4.20. The van der Waals surface area contributed by atoms with Crippen molar-refractivity contribution >= 4 is 11.9 Å². The molecule has 0 spiro atoms. The molecule has 0 atom stereocenters. The molecule has 1 aliphatic carbocycles. The molecule has 0 bridgehead atoms. The molecule has 0 saturated heterocycles. The lowest BCUT2D eigenvalue weighted by Gasteiger charge is -2.37. The summed E-state index contributed by atoms with van der Waals surface area (Å²) in [5, 5.41) is 12.2. The Hall–Kier alpha value is -1.10. The third-order valence-electron chi connectivity index (χ3n) is 4.20. The Bertz CT molecular complexity index is 320. The minimum Gasteiger partial charge on any atom is -0.480 e. The van der Waals surface area contributed by atoms with Crippen molar-refractivity contribution in [1.82, 2.24) is 10.2 Å². The van der Waals surface area contributed by atoms with Crippen molar-refractivity contribution in [1.29, 1.82) is 0 Å². The van der Waals surface area contributed by atoms with E-state index >= 15 is 0 Å². The van der Waals surface area contributed by atoms with Gasteiger partial charge in [0, 0.05) is 19.0 Å². The average molecular weight is 256 g/mol. The maximum absolute atomic E-state index is 12.2. The summed E-state index contributed by atoms with van der Waals surface area (Å²) in [6.07, 6.45) is 2.31. The second-order valence-electron chi connectivity index (χ2n) is 5.45. The number of hydrogen-bond acceptors (Lipinski definition) is 3. The number of likely N-dealkylation sites (N-methyl/N-ethyl adjacent to an activating group) is 1. The number of nitrogens with zero attached hydrogens (tertiary/aromatic N) is 1. The van der Waals surface area contributed by atoms with Gasteiger partial charge < -0.3 is 15.3 Å². The summed E-state index contributed by atoms with van der Waals surface area (Å²) in [7, 11) is 3.49. The van der Waals surface area contributed by atoms with E-state index in [1.54, 1.807) is 11.9 Å². The molecular formula is C13H24N2O3. The van der Waals surface area contributed by atoms with Gasteiger partial charge in [0.15, 0.2) is 0 Å². The Morgan fingerprint density at radius 2 is 1.83 bits per heavy atom.